The van der Waals surface area contributed by atoms with Crippen molar-refractivity contribution in [1.82, 2.24) is 10.1 Å². The van der Waals surface area contributed by atoms with E-state index in [1.165, 1.54) is 0 Å². The molecule has 0 aliphatic rings. The highest BCUT2D eigenvalue weighted by Gasteiger charge is 2.05. The van der Waals surface area contributed by atoms with Gasteiger partial charge in [0.2, 0.25) is 5.89 Å². The number of halogens is 1. The molecule has 0 radical (unpaired) electrons. The van der Waals surface area contributed by atoms with Crippen molar-refractivity contribution in [3.63, 3.8) is 0 Å². The first-order valence-corrected chi connectivity index (χ1v) is 5.29. The van der Waals surface area contributed by atoms with Crippen LogP contribution < -0.4 is 5.32 Å². The molecule has 0 saturated carbocycles. The molecule has 0 fully saturated rings. The second kappa shape index (κ2) is 4.85. The zero-order chi connectivity index (χ0) is 12.3. The maximum absolute atomic E-state index is 8.78. The van der Waals surface area contributed by atoms with Gasteiger partial charge < -0.3 is 9.84 Å². The average molecular weight is 249 g/mol. The van der Waals surface area contributed by atoms with E-state index < -0.39 is 0 Å². The second-order valence-corrected chi connectivity index (χ2v) is 3.80. The van der Waals surface area contributed by atoms with Crippen LogP contribution in [0.3, 0.4) is 0 Å². The smallest absolute Gasteiger partial charge is 0.223 e. The van der Waals surface area contributed by atoms with Crippen LogP contribution in [-0.2, 0) is 6.54 Å². The van der Waals surface area contributed by atoms with Gasteiger partial charge >= 0.3 is 0 Å². The summed E-state index contributed by atoms with van der Waals surface area (Å²) in [6.07, 6.45) is 0. The maximum Gasteiger partial charge on any atom is 0.223 e. The largest absolute Gasteiger partial charge is 0.376 e. The van der Waals surface area contributed by atoms with Crippen LogP contribution in [0.5, 0.6) is 0 Å². The van der Waals surface area contributed by atoms with Crippen LogP contribution in [0.1, 0.15) is 17.3 Å². The molecular formula is C11H9ClN4O. The Morgan fingerprint density at radius 1 is 1.53 bits per heavy atom. The lowest BCUT2D eigenvalue weighted by molar-refractivity contribution is 0.388. The molecule has 2 aromatic rings. The summed E-state index contributed by atoms with van der Waals surface area (Å²) in [7, 11) is 0. The van der Waals surface area contributed by atoms with E-state index in [0.717, 1.165) is 0 Å². The first-order chi connectivity index (χ1) is 8.19. The SMILES string of the molecule is Cc1nc(CNc2cc(C#N)ccc2Cl)no1. The number of nitriles is 1. The summed E-state index contributed by atoms with van der Waals surface area (Å²) >= 11 is 5.99. The fourth-order valence-electron chi connectivity index (χ4n) is 1.32. The minimum absolute atomic E-state index is 0.395. The second-order valence-electron chi connectivity index (χ2n) is 3.39. The molecule has 6 heteroatoms. The van der Waals surface area contributed by atoms with Crippen molar-refractivity contribution < 1.29 is 4.52 Å². The average Bonchev–Trinajstić information content (AvgIpc) is 2.74. The van der Waals surface area contributed by atoms with E-state index in [1.807, 2.05) is 6.07 Å². The van der Waals surface area contributed by atoms with Gasteiger partial charge in [-0.1, -0.05) is 16.8 Å². The molecular weight excluding hydrogens is 240 g/mol. The van der Waals surface area contributed by atoms with Gasteiger partial charge in [-0.05, 0) is 18.2 Å². The lowest BCUT2D eigenvalue weighted by Gasteiger charge is -2.05. The number of nitrogens with one attached hydrogen (secondary N) is 1. The van der Waals surface area contributed by atoms with Crippen molar-refractivity contribution in [3.05, 3.63) is 40.5 Å². The zero-order valence-corrected chi connectivity index (χ0v) is 9.82. The number of aromatic nitrogens is 2. The Morgan fingerprint density at radius 2 is 2.35 bits per heavy atom. The van der Waals surface area contributed by atoms with Gasteiger partial charge in [0.15, 0.2) is 5.82 Å². The van der Waals surface area contributed by atoms with E-state index in [2.05, 4.69) is 15.5 Å². The summed E-state index contributed by atoms with van der Waals surface area (Å²) in [6.45, 7) is 2.12. The van der Waals surface area contributed by atoms with E-state index in [-0.39, 0.29) is 0 Å². The lowest BCUT2D eigenvalue weighted by atomic mass is 10.2. The Kier molecular flexibility index (Phi) is 3.26. The van der Waals surface area contributed by atoms with Crippen molar-refractivity contribution in [3.8, 4) is 6.07 Å². The molecule has 2 rings (SSSR count). The summed E-state index contributed by atoms with van der Waals surface area (Å²) in [5, 5.41) is 16.1. The van der Waals surface area contributed by atoms with Gasteiger partial charge in [0.1, 0.15) is 0 Å². The molecule has 17 heavy (non-hydrogen) atoms. The molecule has 0 amide bonds. The van der Waals surface area contributed by atoms with Gasteiger partial charge in [0.25, 0.3) is 0 Å². The van der Waals surface area contributed by atoms with E-state index in [4.69, 9.17) is 21.4 Å². The molecule has 0 atom stereocenters. The molecule has 0 bridgehead atoms. The van der Waals surface area contributed by atoms with Crippen LogP contribution in [-0.4, -0.2) is 10.1 Å². The molecule has 0 saturated heterocycles. The number of anilines is 1. The summed E-state index contributed by atoms with van der Waals surface area (Å²) in [5.74, 6) is 1.06. The summed E-state index contributed by atoms with van der Waals surface area (Å²) < 4.78 is 4.84. The van der Waals surface area contributed by atoms with Crippen LogP contribution in [0.2, 0.25) is 5.02 Å². The summed E-state index contributed by atoms with van der Waals surface area (Å²) in [5.41, 5.74) is 1.22. The van der Waals surface area contributed by atoms with Gasteiger partial charge in [-0.25, -0.2) is 0 Å². The minimum Gasteiger partial charge on any atom is -0.376 e. The molecule has 86 valence electrons. The monoisotopic (exact) mass is 248 g/mol. The number of hydrogen-bond donors (Lipinski definition) is 1. The Hall–Kier alpha value is -2.06. The van der Waals surface area contributed by atoms with Crippen LogP contribution in [0.25, 0.3) is 0 Å². The van der Waals surface area contributed by atoms with Crippen LogP contribution >= 0.6 is 11.6 Å². The molecule has 0 aliphatic carbocycles. The Balaban J connectivity index is 2.11. The normalized spacial score (nSPS) is 9.94. The van der Waals surface area contributed by atoms with Crippen molar-refractivity contribution >= 4 is 17.3 Å². The first kappa shape index (κ1) is 11.4. The Labute approximate surface area is 103 Å². The Bertz CT molecular complexity index is 573. The third-order valence-corrected chi connectivity index (χ3v) is 2.43. The molecule has 0 aliphatic heterocycles. The first-order valence-electron chi connectivity index (χ1n) is 4.92. The minimum atomic E-state index is 0.395. The standard InChI is InChI=1S/C11H9ClN4O/c1-7-15-11(16-17-7)6-14-10-4-8(5-13)2-3-9(10)12/h2-4,14H,6H2,1H3. The number of hydrogen-bond acceptors (Lipinski definition) is 5. The number of benzene rings is 1. The highest BCUT2D eigenvalue weighted by atomic mass is 35.5. The van der Waals surface area contributed by atoms with E-state index >= 15 is 0 Å². The zero-order valence-electron chi connectivity index (χ0n) is 9.07. The van der Waals surface area contributed by atoms with Gasteiger partial charge in [-0.2, -0.15) is 10.2 Å². The van der Waals surface area contributed by atoms with E-state index in [1.54, 1.807) is 25.1 Å². The Morgan fingerprint density at radius 3 is 3.00 bits per heavy atom. The van der Waals surface area contributed by atoms with Crippen molar-refractivity contribution in [2.24, 2.45) is 0 Å². The van der Waals surface area contributed by atoms with Gasteiger partial charge in [0.05, 0.1) is 28.9 Å². The highest BCUT2D eigenvalue weighted by Crippen LogP contribution is 2.23. The topological polar surface area (TPSA) is 74.7 Å². The van der Waals surface area contributed by atoms with E-state index in [0.29, 0.717) is 34.5 Å². The maximum atomic E-state index is 8.78. The number of rotatable bonds is 3. The predicted octanol–water partition coefficient (Wildman–Crippen LogP) is 2.52. The predicted molar refractivity (Wildman–Crippen MR) is 62.5 cm³/mol. The molecule has 1 heterocycles. The third-order valence-electron chi connectivity index (χ3n) is 2.10. The highest BCUT2D eigenvalue weighted by molar-refractivity contribution is 6.33. The quantitative estimate of drug-likeness (QED) is 0.903. The molecule has 5 nitrogen and oxygen atoms in total. The van der Waals surface area contributed by atoms with Gasteiger partial charge in [-0.3, -0.25) is 0 Å². The lowest BCUT2D eigenvalue weighted by Crippen LogP contribution is -2.02. The summed E-state index contributed by atoms with van der Waals surface area (Å²) in [6, 6.07) is 7.05. The summed E-state index contributed by atoms with van der Waals surface area (Å²) in [4.78, 5) is 4.05. The molecule has 0 unspecified atom stereocenters. The van der Waals surface area contributed by atoms with Gasteiger partial charge in [-0.15, -0.1) is 0 Å². The van der Waals surface area contributed by atoms with Gasteiger partial charge in [0, 0.05) is 6.92 Å². The van der Waals surface area contributed by atoms with E-state index in [9.17, 15) is 0 Å². The van der Waals surface area contributed by atoms with Crippen LogP contribution in [0, 0.1) is 18.3 Å². The number of nitrogens with zero attached hydrogens (tertiary/aromatic N) is 3. The van der Waals surface area contributed by atoms with Crippen molar-refractivity contribution in [1.29, 1.82) is 5.26 Å². The fraction of sp³-hybridized carbons (Fsp3) is 0.182. The fourth-order valence-corrected chi connectivity index (χ4v) is 1.50. The van der Waals surface area contributed by atoms with Crippen LogP contribution in [0.4, 0.5) is 5.69 Å². The number of aryl methyl sites for hydroxylation is 1. The molecule has 1 N–H and O–H groups in total. The molecule has 1 aromatic heterocycles. The van der Waals surface area contributed by atoms with Crippen LogP contribution in [0.15, 0.2) is 22.7 Å². The van der Waals surface area contributed by atoms with Crippen molar-refractivity contribution in [2.45, 2.75) is 13.5 Å². The molecule has 1 aromatic carbocycles. The third kappa shape index (κ3) is 2.74. The molecule has 0 spiro atoms. The van der Waals surface area contributed by atoms with Crippen molar-refractivity contribution in [2.75, 3.05) is 5.32 Å².